The van der Waals surface area contributed by atoms with Crippen molar-refractivity contribution in [3.8, 4) is 10.7 Å². The number of aromatic nitrogens is 2. The van der Waals surface area contributed by atoms with E-state index in [0.29, 0.717) is 10.7 Å². The van der Waals surface area contributed by atoms with Gasteiger partial charge in [-0.2, -0.15) is 0 Å². The molecule has 2 rings (SSSR count). The molecule has 0 radical (unpaired) electrons. The number of methoxy groups -OCH3 is 2. The van der Waals surface area contributed by atoms with Crippen molar-refractivity contribution >= 4 is 11.3 Å². The van der Waals surface area contributed by atoms with Gasteiger partial charge in [-0.25, -0.2) is 9.37 Å². The Balaban J connectivity index is 2.33. The Morgan fingerprint density at radius 1 is 1.35 bits per heavy atom. The molecule has 0 N–H and O–H groups in total. The predicted octanol–water partition coefficient (Wildman–Crippen LogP) is 2.64. The molecule has 0 fully saturated rings. The highest BCUT2D eigenvalue weighted by Crippen LogP contribution is 2.27. The van der Waals surface area contributed by atoms with Gasteiger partial charge in [-0.1, -0.05) is 0 Å². The summed E-state index contributed by atoms with van der Waals surface area (Å²) in [5, 5.41) is 2.28. The molecule has 2 aromatic rings. The first kappa shape index (κ1) is 12.1. The maximum atomic E-state index is 13.5. The summed E-state index contributed by atoms with van der Waals surface area (Å²) in [6.45, 7) is 0. The third kappa shape index (κ3) is 2.49. The molecule has 0 saturated heterocycles. The maximum absolute atomic E-state index is 13.5. The fourth-order valence-corrected chi connectivity index (χ4v) is 2.20. The van der Waals surface area contributed by atoms with E-state index in [2.05, 4.69) is 9.97 Å². The molecule has 2 aromatic heterocycles. The molecular weight excluding hydrogens is 243 g/mol. The molecule has 0 aromatic carbocycles. The number of hydrogen-bond donors (Lipinski definition) is 0. The second-order valence-electron chi connectivity index (χ2n) is 3.21. The quantitative estimate of drug-likeness (QED) is 0.787. The lowest BCUT2D eigenvalue weighted by Gasteiger charge is -2.09. The fraction of sp³-hybridized carbons (Fsp3) is 0.273. The van der Waals surface area contributed by atoms with Gasteiger partial charge < -0.3 is 9.47 Å². The highest BCUT2D eigenvalue weighted by molar-refractivity contribution is 7.13. The molecule has 0 atom stereocenters. The van der Waals surface area contributed by atoms with Crippen LogP contribution < -0.4 is 0 Å². The van der Waals surface area contributed by atoms with Crippen LogP contribution in [0.4, 0.5) is 4.39 Å². The van der Waals surface area contributed by atoms with Gasteiger partial charge in [0, 0.05) is 25.8 Å². The first-order chi connectivity index (χ1) is 8.26. The Kier molecular flexibility index (Phi) is 3.78. The third-order valence-corrected chi connectivity index (χ3v) is 3.02. The molecule has 90 valence electrons. The van der Waals surface area contributed by atoms with Crippen LogP contribution in [0.5, 0.6) is 0 Å². The minimum Gasteiger partial charge on any atom is -0.350 e. The van der Waals surface area contributed by atoms with E-state index in [1.807, 2.05) is 0 Å². The summed E-state index contributed by atoms with van der Waals surface area (Å²) in [7, 11) is 3.04. The monoisotopic (exact) mass is 254 g/mol. The van der Waals surface area contributed by atoms with E-state index >= 15 is 0 Å². The van der Waals surface area contributed by atoms with Crippen molar-refractivity contribution in [3.63, 3.8) is 0 Å². The van der Waals surface area contributed by atoms with Crippen LogP contribution in [0.15, 0.2) is 23.7 Å². The van der Waals surface area contributed by atoms with Gasteiger partial charge >= 0.3 is 0 Å². The Morgan fingerprint density at radius 3 is 2.76 bits per heavy atom. The van der Waals surface area contributed by atoms with Crippen LogP contribution in [0.3, 0.4) is 0 Å². The van der Waals surface area contributed by atoms with Crippen molar-refractivity contribution in [3.05, 3.63) is 35.2 Å². The molecule has 17 heavy (non-hydrogen) atoms. The van der Waals surface area contributed by atoms with Gasteiger partial charge in [0.15, 0.2) is 5.82 Å². The maximum Gasteiger partial charge on any atom is 0.201 e. The normalized spacial score (nSPS) is 11.1. The third-order valence-electron chi connectivity index (χ3n) is 2.15. The van der Waals surface area contributed by atoms with Gasteiger partial charge in [0.25, 0.3) is 0 Å². The molecule has 0 aliphatic carbocycles. The summed E-state index contributed by atoms with van der Waals surface area (Å²) in [5.74, 6) is -0.389. The Hall–Kier alpha value is -1.37. The number of ether oxygens (including phenoxy) is 2. The molecule has 0 aliphatic heterocycles. The second kappa shape index (κ2) is 5.31. The number of rotatable bonds is 4. The topological polar surface area (TPSA) is 44.2 Å². The van der Waals surface area contributed by atoms with Crippen LogP contribution in [0.2, 0.25) is 0 Å². The van der Waals surface area contributed by atoms with E-state index in [9.17, 15) is 4.39 Å². The van der Waals surface area contributed by atoms with Gasteiger partial charge in [-0.05, 0) is 12.1 Å². The zero-order chi connectivity index (χ0) is 12.3. The molecule has 6 heteroatoms. The number of pyridine rings is 1. The van der Waals surface area contributed by atoms with E-state index in [4.69, 9.17) is 9.47 Å². The number of nitrogens with zero attached hydrogens (tertiary/aromatic N) is 2. The van der Waals surface area contributed by atoms with Crippen molar-refractivity contribution in [1.29, 1.82) is 0 Å². The average molecular weight is 254 g/mol. The number of halogens is 1. The summed E-state index contributed by atoms with van der Waals surface area (Å²) < 4.78 is 23.6. The van der Waals surface area contributed by atoms with Crippen LogP contribution in [-0.4, -0.2) is 24.2 Å². The van der Waals surface area contributed by atoms with Crippen molar-refractivity contribution in [2.24, 2.45) is 0 Å². The summed E-state index contributed by atoms with van der Waals surface area (Å²) in [6.07, 6.45) is 0.996. The first-order valence-corrected chi connectivity index (χ1v) is 5.76. The van der Waals surface area contributed by atoms with Crippen LogP contribution in [-0.2, 0) is 9.47 Å². The second-order valence-corrected chi connectivity index (χ2v) is 4.07. The lowest BCUT2D eigenvalue weighted by Crippen LogP contribution is -2.03. The van der Waals surface area contributed by atoms with Crippen molar-refractivity contribution < 1.29 is 13.9 Å². The van der Waals surface area contributed by atoms with Gasteiger partial charge in [0.05, 0.1) is 0 Å². The van der Waals surface area contributed by atoms with E-state index in [1.54, 1.807) is 11.4 Å². The Labute approximate surface area is 102 Å². The molecule has 0 amide bonds. The first-order valence-electron chi connectivity index (χ1n) is 4.88. The molecule has 0 unspecified atom stereocenters. The molecule has 4 nitrogen and oxygen atoms in total. The van der Waals surface area contributed by atoms with E-state index in [1.165, 1.54) is 37.8 Å². The molecular formula is C11H11FN2O2S. The molecule has 0 spiro atoms. The van der Waals surface area contributed by atoms with Gasteiger partial charge in [-0.3, -0.25) is 4.98 Å². The van der Waals surface area contributed by atoms with E-state index in [0.717, 1.165) is 0 Å². The molecule has 0 bridgehead atoms. The van der Waals surface area contributed by atoms with E-state index in [-0.39, 0.29) is 11.5 Å². The van der Waals surface area contributed by atoms with Gasteiger partial charge in [-0.15, -0.1) is 11.3 Å². The Bertz CT molecular complexity index is 500. The minimum absolute atomic E-state index is 0.245. The average Bonchev–Trinajstić information content (AvgIpc) is 2.81. The highest BCUT2D eigenvalue weighted by Gasteiger charge is 2.16. The Morgan fingerprint density at radius 2 is 2.12 bits per heavy atom. The SMILES string of the molecule is COC(OC)c1csc(-c2ncccc2F)n1. The van der Waals surface area contributed by atoms with Crippen LogP contribution in [0, 0.1) is 5.82 Å². The summed E-state index contributed by atoms with van der Waals surface area (Å²) in [6, 6.07) is 2.90. The highest BCUT2D eigenvalue weighted by atomic mass is 32.1. The van der Waals surface area contributed by atoms with Crippen molar-refractivity contribution in [2.45, 2.75) is 6.29 Å². The lowest BCUT2D eigenvalue weighted by atomic mass is 10.3. The van der Waals surface area contributed by atoms with Crippen LogP contribution in [0.25, 0.3) is 10.7 Å². The summed E-state index contributed by atoms with van der Waals surface area (Å²) in [4.78, 5) is 8.21. The fourth-order valence-electron chi connectivity index (χ4n) is 1.38. The standard InChI is InChI=1S/C11H11FN2O2S/c1-15-11(16-2)8-6-17-10(14-8)9-7(12)4-3-5-13-9/h3-6,11H,1-2H3. The van der Waals surface area contributed by atoms with Crippen molar-refractivity contribution in [1.82, 2.24) is 9.97 Å². The predicted molar refractivity (Wildman–Crippen MR) is 62.1 cm³/mol. The lowest BCUT2D eigenvalue weighted by molar-refractivity contribution is -0.108. The number of hydrogen-bond acceptors (Lipinski definition) is 5. The smallest absolute Gasteiger partial charge is 0.201 e. The zero-order valence-electron chi connectivity index (χ0n) is 9.38. The summed E-state index contributed by atoms with van der Waals surface area (Å²) >= 11 is 1.30. The largest absolute Gasteiger partial charge is 0.350 e. The van der Waals surface area contributed by atoms with E-state index < -0.39 is 6.29 Å². The van der Waals surface area contributed by atoms with Gasteiger partial charge in [0.1, 0.15) is 16.4 Å². The minimum atomic E-state index is -0.535. The number of thiazole rings is 1. The van der Waals surface area contributed by atoms with Crippen LogP contribution >= 0.6 is 11.3 Å². The molecule has 2 heterocycles. The van der Waals surface area contributed by atoms with Crippen LogP contribution in [0.1, 0.15) is 12.0 Å². The zero-order valence-corrected chi connectivity index (χ0v) is 10.2. The summed E-state index contributed by atoms with van der Waals surface area (Å²) in [5.41, 5.74) is 0.856. The molecule has 0 saturated carbocycles. The molecule has 0 aliphatic rings. The van der Waals surface area contributed by atoms with Crippen molar-refractivity contribution in [2.75, 3.05) is 14.2 Å². The van der Waals surface area contributed by atoms with Gasteiger partial charge in [0.2, 0.25) is 6.29 Å².